The van der Waals surface area contributed by atoms with Crippen LogP contribution in [-0.2, 0) is 4.79 Å². The molecule has 2 N–H and O–H groups in total. The Labute approximate surface area is 110 Å². The van der Waals surface area contributed by atoms with Crippen LogP contribution >= 0.6 is 0 Å². The standard InChI is InChI=1S/C13H16N2O4/c1-8-6-10(4-5-12(8)15(18)19)14-11(7-13(16)17)9-2-3-9/h4-6,9,11,14H,2-3,7H2,1H3,(H,16,17). The van der Waals surface area contributed by atoms with E-state index in [1.54, 1.807) is 19.1 Å². The van der Waals surface area contributed by atoms with Crippen molar-refractivity contribution in [3.63, 3.8) is 0 Å². The van der Waals surface area contributed by atoms with Gasteiger partial charge in [-0.05, 0) is 37.8 Å². The van der Waals surface area contributed by atoms with Crippen LogP contribution in [0.2, 0.25) is 0 Å². The van der Waals surface area contributed by atoms with Gasteiger partial charge in [-0.25, -0.2) is 0 Å². The number of benzene rings is 1. The summed E-state index contributed by atoms with van der Waals surface area (Å²) in [5.41, 5.74) is 1.38. The summed E-state index contributed by atoms with van der Waals surface area (Å²) in [6.07, 6.45) is 2.15. The molecule has 1 atom stereocenters. The van der Waals surface area contributed by atoms with Gasteiger partial charge in [0.15, 0.2) is 0 Å². The second kappa shape index (κ2) is 5.26. The number of aryl methyl sites for hydroxylation is 1. The molecule has 1 aliphatic carbocycles. The molecule has 1 aliphatic rings. The molecule has 102 valence electrons. The topological polar surface area (TPSA) is 92.5 Å². The molecular weight excluding hydrogens is 248 g/mol. The normalized spacial score (nSPS) is 15.8. The largest absolute Gasteiger partial charge is 0.481 e. The van der Waals surface area contributed by atoms with Crippen molar-refractivity contribution in [3.8, 4) is 0 Å². The minimum Gasteiger partial charge on any atom is -0.481 e. The van der Waals surface area contributed by atoms with Crippen LogP contribution in [0.1, 0.15) is 24.8 Å². The molecule has 19 heavy (non-hydrogen) atoms. The molecular formula is C13H16N2O4. The van der Waals surface area contributed by atoms with E-state index < -0.39 is 10.9 Å². The molecule has 2 rings (SSSR count). The fraction of sp³-hybridized carbons (Fsp3) is 0.462. The van der Waals surface area contributed by atoms with Gasteiger partial charge in [-0.1, -0.05) is 0 Å². The highest BCUT2D eigenvalue weighted by molar-refractivity contribution is 5.68. The molecule has 0 bridgehead atoms. The lowest BCUT2D eigenvalue weighted by atomic mass is 10.1. The Bertz CT molecular complexity index is 511. The van der Waals surface area contributed by atoms with Crippen molar-refractivity contribution >= 4 is 17.3 Å². The maximum atomic E-state index is 10.8. The zero-order valence-corrected chi connectivity index (χ0v) is 10.6. The Morgan fingerprint density at radius 2 is 2.26 bits per heavy atom. The minimum atomic E-state index is -0.831. The van der Waals surface area contributed by atoms with Crippen LogP contribution in [0.25, 0.3) is 0 Å². The summed E-state index contributed by atoms with van der Waals surface area (Å²) in [6.45, 7) is 1.67. The number of nitro benzene ring substituents is 1. The van der Waals surface area contributed by atoms with Crippen molar-refractivity contribution in [1.29, 1.82) is 0 Å². The van der Waals surface area contributed by atoms with Crippen molar-refractivity contribution in [2.45, 2.75) is 32.2 Å². The number of nitro groups is 1. The van der Waals surface area contributed by atoms with Gasteiger partial charge < -0.3 is 10.4 Å². The lowest BCUT2D eigenvalue weighted by molar-refractivity contribution is -0.385. The fourth-order valence-electron chi connectivity index (χ4n) is 2.19. The van der Waals surface area contributed by atoms with Gasteiger partial charge in [-0.15, -0.1) is 0 Å². The maximum Gasteiger partial charge on any atom is 0.305 e. The van der Waals surface area contributed by atoms with Crippen molar-refractivity contribution in [2.24, 2.45) is 5.92 Å². The summed E-state index contributed by atoms with van der Waals surface area (Å²) in [5.74, 6) is -0.436. The van der Waals surface area contributed by atoms with Crippen LogP contribution in [0.15, 0.2) is 18.2 Å². The molecule has 0 aliphatic heterocycles. The molecule has 6 heteroatoms. The van der Waals surface area contributed by atoms with Crippen molar-refractivity contribution in [3.05, 3.63) is 33.9 Å². The number of nitrogens with zero attached hydrogens (tertiary/aromatic N) is 1. The molecule has 0 saturated heterocycles. The van der Waals surface area contributed by atoms with E-state index >= 15 is 0 Å². The van der Waals surface area contributed by atoms with Crippen LogP contribution in [-0.4, -0.2) is 22.0 Å². The van der Waals surface area contributed by atoms with Crippen LogP contribution in [0.5, 0.6) is 0 Å². The predicted octanol–water partition coefficient (Wildman–Crippen LogP) is 2.57. The number of carboxylic acids is 1. The number of nitrogens with one attached hydrogen (secondary N) is 1. The zero-order chi connectivity index (χ0) is 14.0. The first kappa shape index (κ1) is 13.3. The first-order chi connectivity index (χ1) is 8.97. The molecule has 1 unspecified atom stereocenters. The van der Waals surface area contributed by atoms with E-state index in [1.807, 2.05) is 0 Å². The third-order valence-electron chi connectivity index (χ3n) is 3.33. The van der Waals surface area contributed by atoms with Gasteiger partial charge in [0.05, 0.1) is 11.3 Å². The second-order valence-corrected chi connectivity index (χ2v) is 4.94. The first-order valence-corrected chi connectivity index (χ1v) is 6.20. The summed E-state index contributed by atoms with van der Waals surface area (Å²) >= 11 is 0. The van der Waals surface area contributed by atoms with Gasteiger partial charge in [0.2, 0.25) is 0 Å². The van der Waals surface area contributed by atoms with Gasteiger partial charge in [0.1, 0.15) is 0 Å². The smallest absolute Gasteiger partial charge is 0.305 e. The Balaban J connectivity index is 2.11. The van der Waals surface area contributed by atoms with E-state index in [9.17, 15) is 14.9 Å². The van der Waals surface area contributed by atoms with E-state index in [0.29, 0.717) is 11.5 Å². The first-order valence-electron chi connectivity index (χ1n) is 6.20. The van der Waals surface area contributed by atoms with Crippen LogP contribution in [0, 0.1) is 23.0 Å². The highest BCUT2D eigenvalue weighted by Crippen LogP contribution is 2.36. The van der Waals surface area contributed by atoms with Gasteiger partial charge in [0.25, 0.3) is 5.69 Å². The van der Waals surface area contributed by atoms with Gasteiger partial charge in [-0.3, -0.25) is 14.9 Å². The molecule has 0 spiro atoms. The van der Waals surface area contributed by atoms with Crippen molar-refractivity contribution in [2.75, 3.05) is 5.32 Å². The Morgan fingerprint density at radius 3 is 2.74 bits per heavy atom. The summed E-state index contributed by atoms with van der Waals surface area (Å²) < 4.78 is 0. The molecule has 1 aromatic carbocycles. The maximum absolute atomic E-state index is 10.8. The minimum absolute atomic E-state index is 0.0701. The third kappa shape index (κ3) is 3.43. The molecule has 1 saturated carbocycles. The second-order valence-electron chi connectivity index (χ2n) is 4.94. The van der Waals surface area contributed by atoms with E-state index in [-0.39, 0.29) is 18.2 Å². The number of anilines is 1. The van der Waals surface area contributed by atoms with Crippen LogP contribution < -0.4 is 5.32 Å². The van der Waals surface area contributed by atoms with Gasteiger partial charge in [0, 0.05) is 23.4 Å². The highest BCUT2D eigenvalue weighted by atomic mass is 16.6. The highest BCUT2D eigenvalue weighted by Gasteiger charge is 2.32. The summed E-state index contributed by atoms with van der Waals surface area (Å²) in [7, 11) is 0. The number of rotatable bonds is 6. The van der Waals surface area contributed by atoms with E-state index in [2.05, 4.69) is 5.32 Å². The SMILES string of the molecule is Cc1cc(NC(CC(=O)O)C2CC2)ccc1[N+](=O)[O-]. The molecule has 0 heterocycles. The molecule has 0 aromatic heterocycles. The molecule has 6 nitrogen and oxygen atoms in total. The number of hydrogen-bond acceptors (Lipinski definition) is 4. The summed E-state index contributed by atoms with van der Waals surface area (Å²) in [6, 6.07) is 4.67. The average molecular weight is 264 g/mol. The number of aliphatic carboxylic acids is 1. The average Bonchev–Trinajstić information content (AvgIpc) is 3.10. The number of hydrogen-bond donors (Lipinski definition) is 2. The molecule has 1 fully saturated rings. The quantitative estimate of drug-likeness (QED) is 0.608. The Kier molecular flexibility index (Phi) is 3.69. The monoisotopic (exact) mass is 264 g/mol. The lowest BCUT2D eigenvalue weighted by Gasteiger charge is -2.17. The summed E-state index contributed by atoms with van der Waals surface area (Å²) in [5, 5.41) is 22.8. The fourth-order valence-corrected chi connectivity index (χ4v) is 2.19. The molecule has 1 aromatic rings. The number of carbonyl (C=O) groups is 1. The van der Waals surface area contributed by atoms with E-state index in [1.165, 1.54) is 6.07 Å². The van der Waals surface area contributed by atoms with E-state index in [0.717, 1.165) is 18.5 Å². The Hall–Kier alpha value is -2.11. The zero-order valence-electron chi connectivity index (χ0n) is 10.6. The van der Waals surface area contributed by atoms with Crippen LogP contribution in [0.4, 0.5) is 11.4 Å². The van der Waals surface area contributed by atoms with E-state index in [4.69, 9.17) is 5.11 Å². The molecule has 0 amide bonds. The molecule has 0 radical (unpaired) electrons. The van der Waals surface area contributed by atoms with Crippen LogP contribution in [0.3, 0.4) is 0 Å². The van der Waals surface area contributed by atoms with Crippen molar-refractivity contribution < 1.29 is 14.8 Å². The predicted molar refractivity (Wildman–Crippen MR) is 70.2 cm³/mol. The van der Waals surface area contributed by atoms with Gasteiger partial charge in [-0.2, -0.15) is 0 Å². The van der Waals surface area contributed by atoms with Crippen molar-refractivity contribution in [1.82, 2.24) is 0 Å². The lowest BCUT2D eigenvalue weighted by Crippen LogP contribution is -2.25. The number of carboxylic acid groups (broad SMARTS) is 1. The Morgan fingerprint density at radius 1 is 1.58 bits per heavy atom. The third-order valence-corrected chi connectivity index (χ3v) is 3.33. The summed E-state index contributed by atoms with van der Waals surface area (Å²) in [4.78, 5) is 21.1. The van der Waals surface area contributed by atoms with Gasteiger partial charge >= 0.3 is 5.97 Å².